The lowest BCUT2D eigenvalue weighted by Gasteiger charge is -2.21. The van der Waals surface area contributed by atoms with Gasteiger partial charge in [-0.05, 0) is 6.42 Å². The molecule has 0 spiro atoms. The van der Waals surface area contributed by atoms with Gasteiger partial charge in [-0.15, -0.1) is 0 Å². The Bertz CT molecular complexity index is 303. The molecule has 0 aliphatic heterocycles. The maximum Gasteiger partial charge on any atom is 0.169 e. The van der Waals surface area contributed by atoms with E-state index in [4.69, 9.17) is 10.2 Å². The van der Waals surface area contributed by atoms with Gasteiger partial charge in [-0.1, -0.05) is 96.8 Å². The molecule has 0 aliphatic carbocycles. The number of unbranched alkanes of at least 4 members (excludes halogenated alkanes) is 14. The standard InChI is InChI=1S/C21H42O4.H2O/c1-2-3-4-5-6-7-8-9-10-11-12-13-14-15-16-17-20(24)21(25,18-22)19-23;/h22-23,25H,2-19H2,1H3;1H2. The molecule has 0 saturated heterocycles. The molecule has 0 bridgehead atoms. The van der Waals surface area contributed by atoms with E-state index in [2.05, 4.69) is 6.92 Å². The molecule has 5 nitrogen and oxygen atoms in total. The lowest BCUT2D eigenvalue weighted by Crippen LogP contribution is -2.45. The van der Waals surface area contributed by atoms with Crippen molar-refractivity contribution < 1.29 is 25.6 Å². The number of hydrogen-bond acceptors (Lipinski definition) is 4. The first kappa shape index (κ1) is 27.7. The van der Waals surface area contributed by atoms with Gasteiger partial charge in [-0.25, -0.2) is 0 Å². The van der Waals surface area contributed by atoms with Crippen LogP contribution >= 0.6 is 0 Å². The maximum absolute atomic E-state index is 11.7. The third-order valence-corrected chi connectivity index (χ3v) is 5.05. The number of Topliss-reactive ketones (excluding diaryl/α,β-unsaturated/α-hetero) is 1. The van der Waals surface area contributed by atoms with Crippen molar-refractivity contribution in [3.8, 4) is 0 Å². The zero-order valence-electron chi connectivity index (χ0n) is 17.0. The summed E-state index contributed by atoms with van der Waals surface area (Å²) in [4.78, 5) is 11.7. The summed E-state index contributed by atoms with van der Waals surface area (Å²) in [5.41, 5.74) is -1.95. The van der Waals surface area contributed by atoms with Crippen LogP contribution in [0.3, 0.4) is 0 Å². The number of hydrogen-bond donors (Lipinski definition) is 3. The van der Waals surface area contributed by atoms with Gasteiger partial charge >= 0.3 is 0 Å². The smallest absolute Gasteiger partial charge is 0.169 e. The summed E-state index contributed by atoms with van der Waals surface area (Å²) in [6, 6.07) is 0. The summed E-state index contributed by atoms with van der Waals surface area (Å²) in [6.07, 6.45) is 19.2. The molecule has 26 heavy (non-hydrogen) atoms. The van der Waals surface area contributed by atoms with Crippen LogP contribution in [-0.4, -0.2) is 45.4 Å². The van der Waals surface area contributed by atoms with Crippen LogP contribution in [0.4, 0.5) is 0 Å². The van der Waals surface area contributed by atoms with Gasteiger partial charge in [0.15, 0.2) is 11.4 Å². The van der Waals surface area contributed by atoms with Gasteiger partial charge < -0.3 is 20.8 Å². The molecule has 0 amide bonds. The minimum absolute atomic E-state index is 0. The van der Waals surface area contributed by atoms with Crippen molar-refractivity contribution >= 4 is 5.78 Å². The first-order valence-corrected chi connectivity index (χ1v) is 10.6. The van der Waals surface area contributed by atoms with E-state index in [-0.39, 0.29) is 11.9 Å². The molecule has 0 aromatic heterocycles. The number of aliphatic hydroxyl groups excluding tert-OH is 2. The molecule has 5 heteroatoms. The number of carbonyl (C=O) groups excluding carboxylic acids is 1. The summed E-state index contributed by atoms with van der Waals surface area (Å²) >= 11 is 0. The van der Waals surface area contributed by atoms with E-state index in [1.54, 1.807) is 0 Å². The molecule has 0 heterocycles. The van der Waals surface area contributed by atoms with Crippen molar-refractivity contribution in [2.45, 2.75) is 115 Å². The second kappa shape index (κ2) is 19.3. The minimum atomic E-state index is -1.95. The van der Waals surface area contributed by atoms with Crippen LogP contribution in [-0.2, 0) is 4.79 Å². The topological polar surface area (TPSA) is 109 Å². The predicted molar refractivity (Wildman–Crippen MR) is 107 cm³/mol. The lowest BCUT2D eigenvalue weighted by atomic mass is 9.95. The van der Waals surface area contributed by atoms with Crippen LogP contribution in [0, 0.1) is 0 Å². The van der Waals surface area contributed by atoms with Crippen molar-refractivity contribution in [2.75, 3.05) is 13.2 Å². The van der Waals surface area contributed by atoms with E-state index < -0.39 is 24.6 Å². The van der Waals surface area contributed by atoms with E-state index in [1.807, 2.05) is 0 Å². The first-order chi connectivity index (χ1) is 12.1. The Morgan fingerprint density at radius 3 is 1.27 bits per heavy atom. The molecular formula is C21H44O5. The zero-order valence-corrected chi connectivity index (χ0v) is 17.0. The van der Waals surface area contributed by atoms with Gasteiger partial charge in [0, 0.05) is 6.42 Å². The summed E-state index contributed by atoms with van der Waals surface area (Å²) in [5, 5.41) is 27.6. The van der Waals surface area contributed by atoms with Crippen LogP contribution in [0.5, 0.6) is 0 Å². The fourth-order valence-corrected chi connectivity index (χ4v) is 3.12. The van der Waals surface area contributed by atoms with Crippen LogP contribution in [0.15, 0.2) is 0 Å². The molecule has 0 aromatic carbocycles. The Morgan fingerprint density at radius 2 is 0.962 bits per heavy atom. The Balaban J connectivity index is 0. The largest absolute Gasteiger partial charge is 0.412 e. The van der Waals surface area contributed by atoms with Gasteiger partial charge in [-0.2, -0.15) is 0 Å². The van der Waals surface area contributed by atoms with Gasteiger partial charge in [0.05, 0.1) is 13.2 Å². The van der Waals surface area contributed by atoms with Gasteiger partial charge in [0.2, 0.25) is 0 Å². The van der Waals surface area contributed by atoms with Gasteiger partial charge in [-0.3, -0.25) is 4.79 Å². The van der Waals surface area contributed by atoms with Crippen molar-refractivity contribution in [3.63, 3.8) is 0 Å². The highest BCUT2D eigenvalue weighted by Crippen LogP contribution is 2.15. The quantitative estimate of drug-likeness (QED) is 0.298. The minimum Gasteiger partial charge on any atom is -0.412 e. The maximum atomic E-state index is 11.7. The summed E-state index contributed by atoms with van der Waals surface area (Å²) in [5.74, 6) is -0.452. The molecular weight excluding hydrogens is 332 g/mol. The Morgan fingerprint density at radius 1 is 0.654 bits per heavy atom. The highest BCUT2D eigenvalue weighted by molar-refractivity contribution is 5.87. The third-order valence-electron chi connectivity index (χ3n) is 5.05. The molecule has 0 unspecified atom stereocenters. The van der Waals surface area contributed by atoms with Crippen molar-refractivity contribution in [2.24, 2.45) is 0 Å². The molecule has 5 N–H and O–H groups in total. The molecule has 0 saturated carbocycles. The summed E-state index contributed by atoms with van der Waals surface area (Å²) in [6.45, 7) is 0.843. The number of aliphatic hydroxyl groups is 3. The zero-order chi connectivity index (χ0) is 18.8. The SMILES string of the molecule is CCCCCCCCCCCCCCCCCC(=O)C(O)(CO)CO.O. The molecule has 0 rings (SSSR count). The average Bonchev–Trinajstić information content (AvgIpc) is 2.63. The summed E-state index contributed by atoms with van der Waals surface area (Å²) < 4.78 is 0. The number of carbonyl (C=O) groups is 1. The molecule has 0 radical (unpaired) electrons. The Labute approximate surface area is 160 Å². The van der Waals surface area contributed by atoms with Gasteiger partial charge in [0.1, 0.15) is 0 Å². The average molecular weight is 377 g/mol. The van der Waals surface area contributed by atoms with E-state index in [0.717, 1.165) is 19.3 Å². The van der Waals surface area contributed by atoms with Crippen molar-refractivity contribution in [1.82, 2.24) is 0 Å². The fraction of sp³-hybridized carbons (Fsp3) is 0.952. The molecule has 0 aromatic rings. The van der Waals surface area contributed by atoms with E-state index in [9.17, 15) is 9.90 Å². The third kappa shape index (κ3) is 14.7. The molecule has 158 valence electrons. The number of ketones is 1. The van der Waals surface area contributed by atoms with Crippen LogP contribution in [0.1, 0.15) is 110 Å². The van der Waals surface area contributed by atoms with Crippen molar-refractivity contribution in [3.05, 3.63) is 0 Å². The summed E-state index contributed by atoms with van der Waals surface area (Å²) in [7, 11) is 0. The predicted octanol–water partition coefficient (Wildman–Crippen LogP) is 3.71. The van der Waals surface area contributed by atoms with Crippen LogP contribution in [0.25, 0.3) is 0 Å². The van der Waals surface area contributed by atoms with Crippen LogP contribution < -0.4 is 0 Å². The van der Waals surface area contributed by atoms with E-state index in [0.29, 0.717) is 0 Å². The second-order valence-corrected chi connectivity index (χ2v) is 7.47. The molecule has 0 fully saturated rings. The van der Waals surface area contributed by atoms with E-state index in [1.165, 1.54) is 77.0 Å². The highest BCUT2D eigenvalue weighted by atomic mass is 16.4. The van der Waals surface area contributed by atoms with E-state index >= 15 is 0 Å². The fourth-order valence-electron chi connectivity index (χ4n) is 3.12. The Kier molecular flexibility index (Phi) is 20.6. The highest BCUT2D eigenvalue weighted by Gasteiger charge is 2.33. The van der Waals surface area contributed by atoms with Gasteiger partial charge in [0.25, 0.3) is 0 Å². The first-order valence-electron chi connectivity index (χ1n) is 10.6. The van der Waals surface area contributed by atoms with Crippen LogP contribution in [0.2, 0.25) is 0 Å². The second-order valence-electron chi connectivity index (χ2n) is 7.47. The van der Waals surface area contributed by atoms with Crippen molar-refractivity contribution in [1.29, 1.82) is 0 Å². The Hall–Kier alpha value is -0.490. The molecule has 0 aliphatic rings. The monoisotopic (exact) mass is 376 g/mol. The lowest BCUT2D eigenvalue weighted by molar-refractivity contribution is -0.146. The normalized spacial score (nSPS) is 11.4. The molecule has 0 atom stereocenters. The number of rotatable bonds is 19.